The highest BCUT2D eigenvalue weighted by molar-refractivity contribution is 5.58. The van der Waals surface area contributed by atoms with Gasteiger partial charge in [-0.3, -0.25) is 0 Å². The Morgan fingerprint density at radius 3 is 2.38 bits per heavy atom. The quantitative estimate of drug-likeness (QED) is 0.779. The maximum Gasteiger partial charge on any atom is 0.320 e. The fourth-order valence-corrected chi connectivity index (χ4v) is 2.08. The van der Waals surface area contributed by atoms with Crippen LogP contribution in [0.4, 0.5) is 17.4 Å². The minimum Gasteiger partial charge on any atom is -0.406 e. The van der Waals surface area contributed by atoms with Crippen LogP contribution in [0, 0.1) is 0 Å². The van der Waals surface area contributed by atoms with Gasteiger partial charge in [-0.25, -0.2) is 0 Å². The summed E-state index contributed by atoms with van der Waals surface area (Å²) in [4.78, 5) is 2.30. The Labute approximate surface area is 125 Å². The molecule has 0 atom stereocenters. The van der Waals surface area contributed by atoms with Gasteiger partial charge in [0.2, 0.25) is 5.89 Å². The van der Waals surface area contributed by atoms with Crippen LogP contribution in [0.5, 0.6) is 0 Å². The predicted octanol–water partition coefficient (Wildman–Crippen LogP) is 2.77. The summed E-state index contributed by atoms with van der Waals surface area (Å²) >= 11 is 0. The van der Waals surface area contributed by atoms with Crippen molar-refractivity contribution in [2.75, 3.05) is 29.9 Å². The summed E-state index contributed by atoms with van der Waals surface area (Å²) in [5.41, 5.74) is 2.15. The van der Waals surface area contributed by atoms with E-state index in [-0.39, 0.29) is 0 Å². The zero-order valence-electron chi connectivity index (χ0n) is 12.9. The molecule has 2 rings (SSSR count). The van der Waals surface area contributed by atoms with Crippen LogP contribution in [-0.2, 0) is 6.54 Å². The van der Waals surface area contributed by atoms with Crippen LogP contribution in [0.3, 0.4) is 0 Å². The van der Waals surface area contributed by atoms with Crippen molar-refractivity contribution in [3.05, 3.63) is 30.2 Å². The lowest BCUT2D eigenvalue weighted by molar-refractivity contribution is 0.484. The molecule has 0 bridgehead atoms. The van der Waals surface area contributed by atoms with Gasteiger partial charge >= 0.3 is 6.01 Å². The van der Waals surface area contributed by atoms with E-state index < -0.39 is 0 Å². The van der Waals surface area contributed by atoms with Gasteiger partial charge in [0.25, 0.3) is 0 Å². The first-order chi connectivity index (χ1) is 10.3. The molecule has 0 fully saturated rings. The SMILES string of the molecule is CCNCc1nnc(Nc2ccc(N(CC)CC)cc2)o1. The van der Waals surface area contributed by atoms with Crippen molar-refractivity contribution in [2.24, 2.45) is 0 Å². The highest BCUT2D eigenvalue weighted by Crippen LogP contribution is 2.20. The Hall–Kier alpha value is -2.08. The fourth-order valence-electron chi connectivity index (χ4n) is 2.08. The zero-order valence-corrected chi connectivity index (χ0v) is 12.9. The van der Waals surface area contributed by atoms with Crippen LogP contribution in [0.25, 0.3) is 0 Å². The van der Waals surface area contributed by atoms with Crippen molar-refractivity contribution >= 4 is 17.4 Å². The summed E-state index contributed by atoms with van der Waals surface area (Å²) in [6, 6.07) is 8.62. The first kappa shape index (κ1) is 15.3. The van der Waals surface area contributed by atoms with Crippen LogP contribution in [0.2, 0.25) is 0 Å². The molecule has 6 heteroatoms. The molecule has 0 unspecified atom stereocenters. The molecule has 0 radical (unpaired) electrons. The number of hydrogen-bond donors (Lipinski definition) is 2. The summed E-state index contributed by atoms with van der Waals surface area (Å²) in [6.45, 7) is 9.80. The summed E-state index contributed by atoms with van der Waals surface area (Å²) in [7, 11) is 0. The second-order valence-electron chi connectivity index (χ2n) is 4.63. The van der Waals surface area contributed by atoms with Gasteiger partial charge in [-0.2, -0.15) is 0 Å². The van der Waals surface area contributed by atoms with Crippen molar-refractivity contribution < 1.29 is 4.42 Å². The van der Waals surface area contributed by atoms with Gasteiger partial charge in [0.1, 0.15) is 0 Å². The van der Waals surface area contributed by atoms with E-state index in [4.69, 9.17) is 4.42 Å². The van der Waals surface area contributed by atoms with Crippen molar-refractivity contribution in [2.45, 2.75) is 27.3 Å². The molecule has 0 aliphatic heterocycles. The molecule has 0 aliphatic carbocycles. The van der Waals surface area contributed by atoms with Gasteiger partial charge in [0, 0.05) is 24.5 Å². The summed E-state index contributed by atoms with van der Waals surface area (Å²) in [6.07, 6.45) is 0. The molecule has 6 nitrogen and oxygen atoms in total. The number of nitrogens with one attached hydrogen (secondary N) is 2. The molecule has 0 aliphatic rings. The van der Waals surface area contributed by atoms with E-state index in [2.05, 4.69) is 51.7 Å². The van der Waals surface area contributed by atoms with Crippen molar-refractivity contribution in [1.82, 2.24) is 15.5 Å². The van der Waals surface area contributed by atoms with Crippen LogP contribution in [0.1, 0.15) is 26.7 Å². The highest BCUT2D eigenvalue weighted by atomic mass is 16.4. The second kappa shape index (κ2) is 7.64. The Morgan fingerprint density at radius 1 is 1.05 bits per heavy atom. The molecule has 0 saturated carbocycles. The van der Waals surface area contributed by atoms with Crippen LogP contribution in [0.15, 0.2) is 28.7 Å². The third-order valence-corrected chi connectivity index (χ3v) is 3.24. The van der Waals surface area contributed by atoms with E-state index in [1.165, 1.54) is 5.69 Å². The third kappa shape index (κ3) is 4.19. The van der Waals surface area contributed by atoms with Gasteiger partial charge in [-0.1, -0.05) is 12.0 Å². The first-order valence-corrected chi connectivity index (χ1v) is 7.41. The first-order valence-electron chi connectivity index (χ1n) is 7.41. The van der Waals surface area contributed by atoms with Crippen molar-refractivity contribution in [1.29, 1.82) is 0 Å². The highest BCUT2D eigenvalue weighted by Gasteiger charge is 2.06. The third-order valence-electron chi connectivity index (χ3n) is 3.24. The Kier molecular flexibility index (Phi) is 5.57. The molecule has 114 valence electrons. The van der Waals surface area contributed by atoms with E-state index in [1.807, 2.05) is 19.1 Å². The molecule has 0 spiro atoms. The topological polar surface area (TPSA) is 66.2 Å². The molecule has 1 heterocycles. The largest absolute Gasteiger partial charge is 0.406 e. The predicted molar refractivity (Wildman–Crippen MR) is 85.0 cm³/mol. The average molecular weight is 289 g/mol. The summed E-state index contributed by atoms with van der Waals surface area (Å²) in [5, 5.41) is 14.2. The fraction of sp³-hybridized carbons (Fsp3) is 0.467. The molecule has 0 amide bonds. The van der Waals surface area contributed by atoms with Gasteiger partial charge in [-0.05, 0) is 44.7 Å². The van der Waals surface area contributed by atoms with Gasteiger partial charge in [0.15, 0.2) is 0 Å². The molecule has 2 aromatic rings. The van der Waals surface area contributed by atoms with E-state index in [0.29, 0.717) is 18.5 Å². The van der Waals surface area contributed by atoms with Crippen LogP contribution >= 0.6 is 0 Å². The van der Waals surface area contributed by atoms with Gasteiger partial charge in [0.05, 0.1) is 6.54 Å². The van der Waals surface area contributed by atoms with E-state index in [0.717, 1.165) is 25.3 Å². The maximum absolute atomic E-state index is 5.50. The monoisotopic (exact) mass is 289 g/mol. The van der Waals surface area contributed by atoms with Crippen LogP contribution < -0.4 is 15.5 Å². The number of benzene rings is 1. The summed E-state index contributed by atoms with van der Waals surface area (Å²) in [5.74, 6) is 0.583. The smallest absolute Gasteiger partial charge is 0.320 e. The minimum atomic E-state index is 0.415. The lowest BCUT2D eigenvalue weighted by Crippen LogP contribution is -2.21. The second-order valence-corrected chi connectivity index (χ2v) is 4.63. The van der Waals surface area contributed by atoms with E-state index in [9.17, 15) is 0 Å². The van der Waals surface area contributed by atoms with Gasteiger partial charge < -0.3 is 20.0 Å². The molecule has 21 heavy (non-hydrogen) atoms. The Bertz CT molecular complexity index is 533. The number of nitrogens with zero attached hydrogens (tertiary/aromatic N) is 3. The molecular formula is C15H23N5O. The lowest BCUT2D eigenvalue weighted by atomic mass is 10.2. The number of hydrogen-bond acceptors (Lipinski definition) is 6. The zero-order chi connectivity index (χ0) is 15.1. The van der Waals surface area contributed by atoms with Crippen molar-refractivity contribution in [3.8, 4) is 0 Å². The lowest BCUT2D eigenvalue weighted by Gasteiger charge is -2.21. The van der Waals surface area contributed by atoms with E-state index in [1.54, 1.807) is 0 Å². The Morgan fingerprint density at radius 2 is 1.76 bits per heavy atom. The average Bonchev–Trinajstić information content (AvgIpc) is 2.95. The molecule has 1 aromatic heterocycles. The van der Waals surface area contributed by atoms with Gasteiger partial charge in [-0.15, -0.1) is 5.10 Å². The Balaban J connectivity index is 1.98. The molecule has 1 aromatic carbocycles. The van der Waals surface area contributed by atoms with Crippen molar-refractivity contribution in [3.63, 3.8) is 0 Å². The van der Waals surface area contributed by atoms with Crippen LogP contribution in [-0.4, -0.2) is 29.8 Å². The number of rotatable bonds is 8. The van der Waals surface area contributed by atoms with E-state index >= 15 is 0 Å². The molecule has 0 saturated heterocycles. The number of aromatic nitrogens is 2. The standard InChI is InChI=1S/C15H23N5O/c1-4-16-11-14-18-19-15(21-14)17-12-7-9-13(10-8-12)20(5-2)6-3/h7-10,16H,4-6,11H2,1-3H3,(H,17,19). The minimum absolute atomic E-state index is 0.415. The maximum atomic E-state index is 5.50. The number of anilines is 3. The normalized spacial score (nSPS) is 10.6. The molecular weight excluding hydrogens is 266 g/mol. The summed E-state index contributed by atoms with van der Waals surface area (Å²) < 4.78 is 5.50. The molecule has 2 N–H and O–H groups in total.